The lowest BCUT2D eigenvalue weighted by molar-refractivity contribution is -0.00805. The predicted molar refractivity (Wildman–Crippen MR) is 118 cm³/mol. The summed E-state index contributed by atoms with van der Waals surface area (Å²) < 4.78 is 18.6. The molecule has 1 N–H and O–H groups in total. The van der Waals surface area contributed by atoms with Crippen molar-refractivity contribution in [3.8, 4) is 0 Å². The fourth-order valence-corrected chi connectivity index (χ4v) is 2.99. The number of rotatable bonds is 8. The maximum atomic E-state index is 5.92. The number of morpholine rings is 1. The minimum atomic E-state index is 0. The van der Waals surface area contributed by atoms with Crippen LogP contribution in [0.4, 0.5) is 0 Å². The van der Waals surface area contributed by atoms with Crippen LogP contribution in [0.25, 0.3) is 0 Å². The fraction of sp³-hybridized carbons (Fsp3) is 0.579. The minimum Gasteiger partial charge on any atom is -0.467 e. The van der Waals surface area contributed by atoms with E-state index in [9.17, 15) is 0 Å². The third-order valence-corrected chi connectivity index (χ3v) is 4.33. The van der Waals surface area contributed by atoms with Crippen molar-refractivity contribution in [3.05, 3.63) is 42.1 Å². The van der Waals surface area contributed by atoms with Crippen LogP contribution in [0, 0.1) is 0 Å². The topological polar surface area (TPSA) is 77.1 Å². The largest absolute Gasteiger partial charge is 0.467 e. The first-order valence-corrected chi connectivity index (χ1v) is 9.49. The Morgan fingerprint density at radius 1 is 1.46 bits per heavy atom. The minimum absolute atomic E-state index is 0. The number of aliphatic imine (C=N–C) groups is 1. The van der Waals surface area contributed by atoms with Gasteiger partial charge in [0.05, 0.1) is 25.6 Å². The molecule has 0 aliphatic carbocycles. The number of nitrogens with zero attached hydrogens (tertiary/aromatic N) is 4. The fourth-order valence-electron chi connectivity index (χ4n) is 2.99. The van der Waals surface area contributed by atoms with Gasteiger partial charge in [0, 0.05) is 45.0 Å². The third kappa shape index (κ3) is 6.78. The number of hydrogen-bond donors (Lipinski definition) is 1. The van der Waals surface area contributed by atoms with Crippen molar-refractivity contribution in [3.63, 3.8) is 0 Å². The van der Waals surface area contributed by atoms with Crippen LogP contribution in [0.1, 0.15) is 30.8 Å². The lowest BCUT2D eigenvalue weighted by Crippen LogP contribution is -2.48. The number of hydrogen-bond acceptors (Lipinski definition) is 5. The Morgan fingerprint density at radius 2 is 2.36 bits per heavy atom. The lowest BCUT2D eigenvalue weighted by atomic mass is 10.1. The van der Waals surface area contributed by atoms with Gasteiger partial charge in [-0.25, -0.2) is 0 Å². The first-order chi connectivity index (χ1) is 13.3. The van der Waals surface area contributed by atoms with Gasteiger partial charge in [-0.1, -0.05) is 0 Å². The van der Waals surface area contributed by atoms with Crippen molar-refractivity contribution in [2.45, 2.75) is 26.1 Å². The highest BCUT2D eigenvalue weighted by molar-refractivity contribution is 14.0. The van der Waals surface area contributed by atoms with Crippen molar-refractivity contribution in [2.24, 2.45) is 12.0 Å². The number of furan rings is 1. The SMILES string of the molecule is CCNC(=NCCCOCc1ccco1)N1CCOC(c2cnn(C)c2)C1.I. The highest BCUT2D eigenvalue weighted by Crippen LogP contribution is 2.21. The molecular weight excluding hydrogens is 473 g/mol. The van der Waals surface area contributed by atoms with E-state index in [2.05, 4.69) is 22.2 Å². The van der Waals surface area contributed by atoms with Gasteiger partial charge in [0.1, 0.15) is 18.5 Å². The molecule has 3 heterocycles. The van der Waals surface area contributed by atoms with Gasteiger partial charge in [0.2, 0.25) is 0 Å². The van der Waals surface area contributed by atoms with Crippen LogP contribution >= 0.6 is 24.0 Å². The van der Waals surface area contributed by atoms with E-state index in [1.54, 1.807) is 10.9 Å². The van der Waals surface area contributed by atoms with Crippen LogP contribution in [0.3, 0.4) is 0 Å². The second-order valence-electron chi connectivity index (χ2n) is 6.47. The van der Waals surface area contributed by atoms with E-state index >= 15 is 0 Å². The summed E-state index contributed by atoms with van der Waals surface area (Å²) in [7, 11) is 1.92. The molecule has 0 radical (unpaired) electrons. The zero-order chi connectivity index (χ0) is 18.9. The normalized spacial score (nSPS) is 17.4. The van der Waals surface area contributed by atoms with Gasteiger partial charge in [-0.2, -0.15) is 5.10 Å². The molecule has 156 valence electrons. The number of aromatic nitrogens is 2. The van der Waals surface area contributed by atoms with Gasteiger partial charge in [0.15, 0.2) is 5.96 Å². The smallest absolute Gasteiger partial charge is 0.194 e. The van der Waals surface area contributed by atoms with Gasteiger partial charge < -0.3 is 24.1 Å². The first-order valence-electron chi connectivity index (χ1n) is 9.49. The number of aryl methyl sites for hydroxylation is 1. The molecule has 1 saturated heterocycles. The molecule has 2 aromatic rings. The zero-order valence-electron chi connectivity index (χ0n) is 16.5. The van der Waals surface area contributed by atoms with Gasteiger partial charge in [-0.05, 0) is 25.5 Å². The highest BCUT2D eigenvalue weighted by atomic mass is 127. The molecule has 3 rings (SSSR count). The number of guanidine groups is 1. The van der Waals surface area contributed by atoms with Crippen LogP contribution < -0.4 is 5.32 Å². The van der Waals surface area contributed by atoms with Crippen molar-refractivity contribution >= 4 is 29.9 Å². The molecule has 0 amide bonds. The summed E-state index contributed by atoms with van der Waals surface area (Å²) in [6.07, 6.45) is 6.43. The summed E-state index contributed by atoms with van der Waals surface area (Å²) in [4.78, 5) is 7.01. The summed E-state index contributed by atoms with van der Waals surface area (Å²) in [5.41, 5.74) is 1.10. The Morgan fingerprint density at radius 3 is 3.07 bits per heavy atom. The molecule has 28 heavy (non-hydrogen) atoms. The molecule has 0 saturated carbocycles. The average Bonchev–Trinajstić information content (AvgIpc) is 3.35. The van der Waals surface area contributed by atoms with Gasteiger partial charge in [-0.15, -0.1) is 24.0 Å². The number of halogens is 1. The van der Waals surface area contributed by atoms with Crippen LogP contribution in [-0.4, -0.2) is 60.0 Å². The molecule has 1 unspecified atom stereocenters. The van der Waals surface area contributed by atoms with Crippen molar-refractivity contribution < 1.29 is 13.9 Å². The Balaban J connectivity index is 0.00000280. The van der Waals surface area contributed by atoms with E-state index < -0.39 is 0 Å². The summed E-state index contributed by atoms with van der Waals surface area (Å²) in [6.45, 7) is 7.08. The molecule has 0 bridgehead atoms. The maximum absolute atomic E-state index is 5.92. The van der Waals surface area contributed by atoms with Crippen LogP contribution in [0.5, 0.6) is 0 Å². The molecule has 9 heteroatoms. The second-order valence-corrected chi connectivity index (χ2v) is 6.47. The first kappa shape index (κ1) is 22.7. The standard InChI is InChI=1S/C19H29N5O3.HI/c1-3-20-19(21-7-5-9-25-15-17-6-4-10-26-17)24-8-11-27-18(14-24)16-12-22-23(2)13-16;/h4,6,10,12-13,18H,3,5,7-9,11,14-15H2,1-2H3,(H,20,21);1H. The lowest BCUT2D eigenvalue weighted by Gasteiger charge is -2.34. The second kappa shape index (κ2) is 12.1. The van der Waals surface area contributed by atoms with Gasteiger partial charge >= 0.3 is 0 Å². The van der Waals surface area contributed by atoms with Crippen LogP contribution in [-0.2, 0) is 23.1 Å². The van der Waals surface area contributed by atoms with Crippen LogP contribution in [0.2, 0.25) is 0 Å². The molecule has 1 fully saturated rings. The average molecular weight is 503 g/mol. The van der Waals surface area contributed by atoms with E-state index in [0.29, 0.717) is 19.8 Å². The van der Waals surface area contributed by atoms with E-state index in [0.717, 1.165) is 49.9 Å². The molecule has 0 aromatic carbocycles. The Bertz CT molecular complexity index is 704. The molecular formula is C19H30IN5O3. The van der Waals surface area contributed by atoms with Gasteiger partial charge in [-0.3, -0.25) is 9.67 Å². The Hall–Kier alpha value is -1.59. The van der Waals surface area contributed by atoms with E-state index in [-0.39, 0.29) is 30.1 Å². The van der Waals surface area contributed by atoms with Gasteiger partial charge in [0.25, 0.3) is 0 Å². The molecule has 1 aliphatic rings. The summed E-state index contributed by atoms with van der Waals surface area (Å²) in [6, 6.07) is 3.78. The van der Waals surface area contributed by atoms with Crippen molar-refractivity contribution in [1.82, 2.24) is 20.0 Å². The Labute approximate surface area is 183 Å². The van der Waals surface area contributed by atoms with E-state index in [1.165, 1.54) is 0 Å². The highest BCUT2D eigenvalue weighted by Gasteiger charge is 2.25. The summed E-state index contributed by atoms with van der Waals surface area (Å²) in [5, 5.41) is 7.63. The summed E-state index contributed by atoms with van der Waals surface area (Å²) >= 11 is 0. The van der Waals surface area contributed by atoms with E-state index in [1.807, 2.05) is 31.6 Å². The number of nitrogens with one attached hydrogen (secondary N) is 1. The van der Waals surface area contributed by atoms with Crippen molar-refractivity contribution in [1.29, 1.82) is 0 Å². The van der Waals surface area contributed by atoms with Crippen molar-refractivity contribution in [2.75, 3.05) is 39.4 Å². The molecule has 2 aromatic heterocycles. The molecule has 8 nitrogen and oxygen atoms in total. The molecule has 1 atom stereocenters. The molecule has 0 spiro atoms. The molecule has 1 aliphatic heterocycles. The monoisotopic (exact) mass is 503 g/mol. The van der Waals surface area contributed by atoms with E-state index in [4.69, 9.17) is 18.9 Å². The predicted octanol–water partition coefficient (Wildman–Crippen LogP) is 2.58. The third-order valence-electron chi connectivity index (χ3n) is 4.33. The zero-order valence-corrected chi connectivity index (χ0v) is 18.9. The quantitative estimate of drug-likeness (QED) is 0.258. The summed E-state index contributed by atoms with van der Waals surface area (Å²) in [5.74, 6) is 1.78. The Kier molecular flexibility index (Phi) is 9.79. The van der Waals surface area contributed by atoms with Crippen LogP contribution in [0.15, 0.2) is 40.2 Å². The maximum Gasteiger partial charge on any atom is 0.194 e. The number of ether oxygens (including phenoxy) is 2.